The van der Waals surface area contributed by atoms with Crippen LogP contribution in [0.15, 0.2) is 60.7 Å². The molecule has 0 unspecified atom stereocenters. The standard InChI is InChI=1S/C19H19NO4/c1-24-16-10-7-15(8-11-16)13-17(19(22)23)20-18(21)12-9-14-5-3-2-4-6-14/h2-12,17H,13H2,1H3,(H,20,21)(H,22,23)/t17-/m0/s1. The van der Waals surface area contributed by atoms with Gasteiger partial charge in [0, 0.05) is 12.5 Å². The van der Waals surface area contributed by atoms with E-state index in [4.69, 9.17) is 4.74 Å². The van der Waals surface area contributed by atoms with E-state index in [2.05, 4.69) is 5.32 Å². The van der Waals surface area contributed by atoms with Crippen molar-refractivity contribution < 1.29 is 19.4 Å². The molecule has 0 aliphatic rings. The molecule has 0 heterocycles. The maximum Gasteiger partial charge on any atom is 0.326 e. The third kappa shape index (κ3) is 5.28. The molecule has 0 aliphatic heterocycles. The molecule has 2 N–H and O–H groups in total. The average Bonchev–Trinajstić information content (AvgIpc) is 2.61. The van der Waals surface area contributed by atoms with Crippen molar-refractivity contribution in [2.75, 3.05) is 7.11 Å². The second-order valence-electron chi connectivity index (χ2n) is 5.20. The van der Waals surface area contributed by atoms with E-state index in [1.807, 2.05) is 30.3 Å². The van der Waals surface area contributed by atoms with Crippen molar-refractivity contribution >= 4 is 18.0 Å². The van der Waals surface area contributed by atoms with Crippen LogP contribution in [0.2, 0.25) is 0 Å². The van der Waals surface area contributed by atoms with Gasteiger partial charge in [0.2, 0.25) is 5.91 Å². The molecule has 0 aliphatic carbocycles. The summed E-state index contributed by atoms with van der Waals surface area (Å²) in [5.74, 6) is -0.826. The first kappa shape index (κ1) is 17.3. The summed E-state index contributed by atoms with van der Waals surface area (Å²) in [7, 11) is 1.56. The second-order valence-corrected chi connectivity index (χ2v) is 5.20. The lowest BCUT2D eigenvalue weighted by Crippen LogP contribution is -2.41. The van der Waals surface area contributed by atoms with E-state index in [0.717, 1.165) is 11.1 Å². The number of aliphatic carboxylic acids is 1. The molecular weight excluding hydrogens is 306 g/mol. The van der Waals surface area contributed by atoms with Gasteiger partial charge in [-0.25, -0.2) is 4.79 Å². The minimum Gasteiger partial charge on any atom is -0.497 e. The molecule has 24 heavy (non-hydrogen) atoms. The van der Waals surface area contributed by atoms with Crippen LogP contribution in [0.1, 0.15) is 11.1 Å². The van der Waals surface area contributed by atoms with Gasteiger partial charge in [-0.05, 0) is 29.3 Å². The Bertz CT molecular complexity index is 708. The number of carboxylic acid groups (broad SMARTS) is 1. The molecule has 0 saturated heterocycles. The number of hydrogen-bond acceptors (Lipinski definition) is 3. The number of carbonyl (C=O) groups is 2. The van der Waals surface area contributed by atoms with Crippen molar-refractivity contribution in [2.24, 2.45) is 0 Å². The highest BCUT2D eigenvalue weighted by molar-refractivity contribution is 5.94. The normalized spacial score (nSPS) is 11.9. The minimum atomic E-state index is -1.08. The van der Waals surface area contributed by atoms with E-state index < -0.39 is 17.9 Å². The number of ether oxygens (including phenoxy) is 1. The summed E-state index contributed by atoms with van der Waals surface area (Å²) in [6.07, 6.45) is 3.17. The van der Waals surface area contributed by atoms with E-state index in [0.29, 0.717) is 5.75 Å². The molecule has 0 bridgehead atoms. The fourth-order valence-corrected chi connectivity index (χ4v) is 2.15. The largest absolute Gasteiger partial charge is 0.497 e. The van der Waals surface area contributed by atoms with Gasteiger partial charge in [0.05, 0.1) is 7.11 Å². The number of carbonyl (C=O) groups excluding carboxylic acids is 1. The van der Waals surface area contributed by atoms with Crippen molar-refractivity contribution in [3.63, 3.8) is 0 Å². The van der Waals surface area contributed by atoms with E-state index in [1.54, 1.807) is 37.5 Å². The van der Waals surface area contributed by atoms with Crippen LogP contribution in [0.4, 0.5) is 0 Å². The Labute approximate surface area is 140 Å². The molecule has 2 aromatic carbocycles. The Kier molecular flexibility index (Phi) is 6.14. The van der Waals surface area contributed by atoms with Gasteiger partial charge in [0.15, 0.2) is 0 Å². The molecule has 0 fully saturated rings. The Morgan fingerprint density at radius 1 is 1.12 bits per heavy atom. The molecule has 1 atom stereocenters. The number of amides is 1. The lowest BCUT2D eigenvalue weighted by molar-refractivity contribution is -0.141. The van der Waals surface area contributed by atoms with Crippen LogP contribution in [0.25, 0.3) is 6.08 Å². The number of hydrogen-bond donors (Lipinski definition) is 2. The topological polar surface area (TPSA) is 75.6 Å². The summed E-state index contributed by atoms with van der Waals surface area (Å²) in [6.45, 7) is 0. The zero-order valence-electron chi connectivity index (χ0n) is 13.3. The van der Waals surface area contributed by atoms with Crippen LogP contribution in [-0.4, -0.2) is 30.1 Å². The average molecular weight is 325 g/mol. The summed E-state index contributed by atoms with van der Waals surface area (Å²) >= 11 is 0. The quantitative estimate of drug-likeness (QED) is 0.767. The van der Waals surface area contributed by atoms with E-state index in [1.165, 1.54) is 6.08 Å². The van der Waals surface area contributed by atoms with Crippen molar-refractivity contribution in [1.82, 2.24) is 5.32 Å². The summed E-state index contributed by atoms with van der Waals surface area (Å²) in [6, 6.07) is 15.4. The lowest BCUT2D eigenvalue weighted by atomic mass is 10.1. The van der Waals surface area contributed by atoms with Crippen LogP contribution in [0, 0.1) is 0 Å². The Balaban J connectivity index is 1.98. The first-order chi connectivity index (χ1) is 11.6. The van der Waals surface area contributed by atoms with Crippen LogP contribution in [-0.2, 0) is 16.0 Å². The second kappa shape index (κ2) is 8.53. The predicted molar refractivity (Wildman–Crippen MR) is 91.7 cm³/mol. The van der Waals surface area contributed by atoms with Crippen LogP contribution < -0.4 is 10.1 Å². The minimum absolute atomic E-state index is 0.199. The first-order valence-corrected chi connectivity index (χ1v) is 7.48. The van der Waals surface area contributed by atoms with Crippen LogP contribution in [0.3, 0.4) is 0 Å². The maximum absolute atomic E-state index is 11.9. The van der Waals surface area contributed by atoms with Gasteiger partial charge in [0.25, 0.3) is 0 Å². The van der Waals surface area contributed by atoms with Crippen LogP contribution >= 0.6 is 0 Å². The molecule has 2 rings (SSSR count). The highest BCUT2D eigenvalue weighted by Crippen LogP contribution is 2.13. The van der Waals surface area contributed by atoms with E-state index in [-0.39, 0.29) is 6.42 Å². The lowest BCUT2D eigenvalue weighted by Gasteiger charge is -2.13. The van der Waals surface area contributed by atoms with Gasteiger partial charge < -0.3 is 15.2 Å². The highest BCUT2D eigenvalue weighted by Gasteiger charge is 2.19. The molecule has 0 radical (unpaired) electrons. The van der Waals surface area contributed by atoms with E-state index in [9.17, 15) is 14.7 Å². The zero-order valence-corrected chi connectivity index (χ0v) is 13.3. The summed E-state index contributed by atoms with van der Waals surface area (Å²) < 4.78 is 5.06. The molecular formula is C19H19NO4. The molecule has 0 saturated carbocycles. The summed E-state index contributed by atoms with van der Waals surface area (Å²) in [5, 5.41) is 11.8. The van der Waals surface area contributed by atoms with Gasteiger partial charge in [-0.15, -0.1) is 0 Å². The van der Waals surface area contributed by atoms with Crippen molar-refractivity contribution in [1.29, 1.82) is 0 Å². The smallest absolute Gasteiger partial charge is 0.326 e. The molecule has 5 nitrogen and oxygen atoms in total. The molecule has 0 aromatic heterocycles. The highest BCUT2D eigenvalue weighted by atomic mass is 16.5. The van der Waals surface area contributed by atoms with Gasteiger partial charge >= 0.3 is 5.97 Å². The maximum atomic E-state index is 11.9. The third-order valence-corrected chi connectivity index (χ3v) is 3.44. The fourth-order valence-electron chi connectivity index (χ4n) is 2.15. The fraction of sp³-hybridized carbons (Fsp3) is 0.158. The molecule has 1 amide bonds. The molecule has 0 spiro atoms. The number of methoxy groups -OCH3 is 1. The van der Waals surface area contributed by atoms with Crippen LogP contribution in [0.5, 0.6) is 5.75 Å². The van der Waals surface area contributed by atoms with Gasteiger partial charge in [0.1, 0.15) is 11.8 Å². The van der Waals surface area contributed by atoms with Gasteiger partial charge in [-0.2, -0.15) is 0 Å². The molecule has 2 aromatic rings. The van der Waals surface area contributed by atoms with Crippen molar-refractivity contribution in [2.45, 2.75) is 12.5 Å². The Morgan fingerprint density at radius 2 is 1.79 bits per heavy atom. The monoisotopic (exact) mass is 325 g/mol. The number of nitrogens with one attached hydrogen (secondary N) is 1. The molecule has 5 heteroatoms. The SMILES string of the molecule is COc1ccc(C[C@H](NC(=O)C=Cc2ccccc2)C(=O)O)cc1. The zero-order chi connectivity index (χ0) is 17.4. The summed E-state index contributed by atoms with van der Waals surface area (Å²) in [4.78, 5) is 23.3. The molecule has 124 valence electrons. The van der Waals surface area contributed by atoms with E-state index >= 15 is 0 Å². The van der Waals surface area contributed by atoms with Gasteiger partial charge in [-0.1, -0.05) is 42.5 Å². The number of carboxylic acids is 1. The van der Waals surface area contributed by atoms with Gasteiger partial charge in [-0.3, -0.25) is 4.79 Å². The van der Waals surface area contributed by atoms with Crippen molar-refractivity contribution in [3.8, 4) is 5.75 Å². The number of rotatable bonds is 7. The Morgan fingerprint density at radius 3 is 2.38 bits per heavy atom. The first-order valence-electron chi connectivity index (χ1n) is 7.48. The summed E-state index contributed by atoms with van der Waals surface area (Å²) in [5.41, 5.74) is 1.67. The Hall–Kier alpha value is -3.08. The predicted octanol–water partition coefficient (Wildman–Crippen LogP) is 2.52. The number of benzene rings is 2. The third-order valence-electron chi connectivity index (χ3n) is 3.44. The van der Waals surface area contributed by atoms with Crippen molar-refractivity contribution in [3.05, 3.63) is 71.8 Å².